The number of hydrogen-bond donors (Lipinski definition) is 2. The molecule has 1 amide bonds. The van der Waals surface area contributed by atoms with Crippen molar-refractivity contribution in [1.82, 2.24) is 29.0 Å². The molecule has 0 spiro atoms. The van der Waals surface area contributed by atoms with Crippen molar-refractivity contribution in [1.29, 1.82) is 0 Å². The number of hydrogen-bond acceptors (Lipinski definition) is 7. The summed E-state index contributed by atoms with van der Waals surface area (Å²) in [5, 5.41) is 15.6. The van der Waals surface area contributed by atoms with Gasteiger partial charge in [0.25, 0.3) is 5.56 Å². The molecule has 1 aliphatic heterocycles. The minimum absolute atomic E-state index is 0.00216. The van der Waals surface area contributed by atoms with Gasteiger partial charge in [-0.25, -0.2) is 4.98 Å². The smallest absolute Gasteiger partial charge is 0.412 e. The molecule has 3 atom stereocenters. The minimum Gasteiger partial charge on any atom is -0.598 e. The largest absolute Gasteiger partial charge is 0.598 e. The number of alkyl halides is 6. The Labute approximate surface area is 292 Å². The van der Waals surface area contributed by atoms with Gasteiger partial charge in [0.1, 0.15) is 10.3 Å². The van der Waals surface area contributed by atoms with E-state index in [-0.39, 0.29) is 54.6 Å². The van der Waals surface area contributed by atoms with E-state index in [1.54, 1.807) is 33.9 Å². The van der Waals surface area contributed by atoms with Gasteiger partial charge in [0.15, 0.2) is 11.6 Å². The minimum atomic E-state index is -4.73. The number of fused-ring (bicyclic) bond motifs is 1. The lowest BCUT2D eigenvalue weighted by molar-refractivity contribution is -0.162. The van der Waals surface area contributed by atoms with Crippen molar-refractivity contribution in [3.8, 4) is 11.3 Å². The first-order valence-electron chi connectivity index (χ1n) is 16.1. The molecule has 2 aromatic carbocycles. The number of carbonyl (C=O) groups is 1. The zero-order valence-electron chi connectivity index (χ0n) is 28.3. The summed E-state index contributed by atoms with van der Waals surface area (Å²) < 4.78 is 99.6. The van der Waals surface area contributed by atoms with Crippen molar-refractivity contribution in [3.05, 3.63) is 82.4 Å². The molecule has 1 unspecified atom stereocenters. The lowest BCUT2D eigenvalue weighted by Gasteiger charge is -2.39. The Morgan fingerprint density at radius 3 is 2.12 bits per heavy atom. The molecule has 2 aromatic heterocycles. The molecule has 0 saturated carbocycles. The Bertz CT molecular complexity index is 1900. The van der Waals surface area contributed by atoms with Crippen molar-refractivity contribution >= 4 is 28.3 Å². The number of aryl methyl sites for hydroxylation is 1. The quantitative estimate of drug-likeness (QED) is 0.170. The summed E-state index contributed by atoms with van der Waals surface area (Å²) in [7, 11) is 1.54. The summed E-state index contributed by atoms with van der Waals surface area (Å²) in [6.07, 6.45) is -8.90. The molecule has 1 saturated heterocycles. The maximum Gasteiger partial charge on any atom is 0.412 e. The monoisotopic (exact) mass is 740 g/mol. The fourth-order valence-corrected chi connectivity index (χ4v) is 6.87. The van der Waals surface area contributed by atoms with E-state index in [9.17, 15) is 45.6 Å². The van der Waals surface area contributed by atoms with Crippen molar-refractivity contribution in [2.45, 2.75) is 81.2 Å². The van der Waals surface area contributed by atoms with Gasteiger partial charge < -0.3 is 14.6 Å². The Morgan fingerprint density at radius 1 is 0.961 bits per heavy atom. The average molecular weight is 741 g/mol. The van der Waals surface area contributed by atoms with E-state index in [0.717, 1.165) is 0 Å². The van der Waals surface area contributed by atoms with E-state index in [1.165, 1.54) is 69.0 Å². The zero-order chi connectivity index (χ0) is 37.5. The number of carbonyl (C=O) groups excluding carboxylic acids is 1. The highest BCUT2D eigenvalue weighted by molar-refractivity contribution is 7.90. The van der Waals surface area contributed by atoms with E-state index in [1.807, 2.05) is 0 Å². The number of likely N-dealkylation sites (tertiary alicyclic amines) is 1. The SMILES string of the molecule is Cn1nc2c(=O)n(CC3(O)CCN(C(=O)C[C@H](c4ccccc4)C(F)(F)F)CC3)cnc2c1-c1ccc([C@@H](N[S+]([O-])C(C)(C)C)C(F)(F)F)cc1. The third kappa shape index (κ3) is 8.59. The van der Waals surface area contributed by atoms with Crippen LogP contribution in [0, 0.1) is 0 Å². The standard InChI is InChI=1S/C34H38F6N6O4S/c1-31(2,3)51(50)43-29(34(38,39)40)23-12-10-22(11-13-23)28-26-27(42-44(28)4)30(48)46(20-41-26)19-32(49)14-16-45(17-15-32)25(47)18-24(33(35,36)37)21-8-6-5-7-9-21/h5-13,20,24,29,43,49H,14-19H2,1-4H3/t24-,29-,51?/m1/s1. The highest BCUT2D eigenvalue weighted by Crippen LogP contribution is 2.39. The van der Waals surface area contributed by atoms with Gasteiger partial charge in [-0.1, -0.05) is 54.6 Å². The summed E-state index contributed by atoms with van der Waals surface area (Å²) >= 11 is -2.00. The Morgan fingerprint density at radius 2 is 1.57 bits per heavy atom. The van der Waals surface area contributed by atoms with E-state index < -0.39 is 63.9 Å². The van der Waals surface area contributed by atoms with Gasteiger partial charge in [-0.15, -0.1) is 4.72 Å². The summed E-state index contributed by atoms with van der Waals surface area (Å²) in [4.78, 5) is 32.1. The number of piperidine rings is 1. The van der Waals surface area contributed by atoms with Gasteiger partial charge in [0.05, 0.1) is 30.1 Å². The number of nitrogens with zero attached hydrogens (tertiary/aromatic N) is 5. The van der Waals surface area contributed by atoms with Crippen molar-refractivity contribution in [2.24, 2.45) is 7.05 Å². The number of amides is 1. The molecule has 4 aromatic rings. The first-order chi connectivity index (χ1) is 23.7. The first kappa shape index (κ1) is 38.3. The van der Waals surface area contributed by atoms with Crippen molar-refractivity contribution in [2.75, 3.05) is 13.1 Å². The number of nitrogens with one attached hydrogen (secondary N) is 1. The van der Waals surface area contributed by atoms with Crippen LogP contribution in [0.3, 0.4) is 0 Å². The van der Waals surface area contributed by atoms with Crippen LogP contribution in [0.1, 0.15) is 63.1 Å². The fourth-order valence-electron chi connectivity index (χ4n) is 6.03. The molecule has 10 nitrogen and oxygen atoms in total. The molecule has 51 heavy (non-hydrogen) atoms. The molecule has 0 aliphatic carbocycles. The summed E-state index contributed by atoms with van der Waals surface area (Å²) in [6, 6.07) is 10.4. The molecule has 0 radical (unpaired) electrons. The van der Waals surface area contributed by atoms with Gasteiger partial charge in [-0.3, -0.25) is 18.8 Å². The van der Waals surface area contributed by atoms with Gasteiger partial charge in [-0.2, -0.15) is 31.4 Å². The van der Waals surface area contributed by atoms with Crippen LogP contribution in [0.2, 0.25) is 0 Å². The van der Waals surface area contributed by atoms with Crippen molar-refractivity contribution in [3.63, 3.8) is 0 Å². The van der Waals surface area contributed by atoms with Gasteiger partial charge in [0.2, 0.25) is 5.91 Å². The molecule has 0 bridgehead atoms. The fraction of sp³-hybridized carbons (Fsp3) is 0.471. The van der Waals surface area contributed by atoms with Crippen LogP contribution in [0.15, 0.2) is 65.7 Å². The molecule has 5 rings (SSSR count). The van der Waals surface area contributed by atoms with Crippen LogP contribution in [0.5, 0.6) is 0 Å². The van der Waals surface area contributed by atoms with E-state index >= 15 is 0 Å². The molecular formula is C34H38F6N6O4S. The van der Waals surface area contributed by atoms with Crippen LogP contribution in [-0.4, -0.2) is 75.6 Å². The molecule has 1 aliphatic rings. The number of halogens is 6. The van der Waals surface area contributed by atoms with E-state index in [0.29, 0.717) is 11.3 Å². The number of benzene rings is 2. The maximum atomic E-state index is 13.9. The third-order valence-corrected chi connectivity index (χ3v) is 10.5. The van der Waals surface area contributed by atoms with Crippen LogP contribution >= 0.6 is 0 Å². The second kappa shape index (κ2) is 14.2. The van der Waals surface area contributed by atoms with E-state index in [4.69, 9.17) is 0 Å². The molecule has 3 heterocycles. The lowest BCUT2D eigenvalue weighted by Crippen LogP contribution is -2.50. The zero-order valence-corrected chi connectivity index (χ0v) is 29.1. The number of aromatic nitrogens is 4. The highest BCUT2D eigenvalue weighted by atomic mass is 32.2. The molecular weight excluding hydrogens is 702 g/mol. The normalized spacial score (nSPS) is 17.4. The van der Waals surface area contributed by atoms with Crippen LogP contribution < -0.4 is 10.3 Å². The number of rotatable bonds is 9. The second-order valence-corrected chi connectivity index (χ2v) is 15.8. The van der Waals surface area contributed by atoms with Gasteiger partial charge in [0, 0.05) is 43.5 Å². The molecule has 2 N–H and O–H groups in total. The van der Waals surface area contributed by atoms with E-state index in [2.05, 4.69) is 14.8 Å². The third-order valence-electron chi connectivity index (χ3n) is 8.93. The average Bonchev–Trinajstić information content (AvgIpc) is 3.39. The predicted octanol–water partition coefficient (Wildman–Crippen LogP) is 5.54. The Hall–Kier alpha value is -3.93. The molecule has 1 fully saturated rings. The Balaban J connectivity index is 1.30. The topological polar surface area (TPSA) is 128 Å². The molecule has 276 valence electrons. The molecule has 17 heteroatoms. The summed E-state index contributed by atoms with van der Waals surface area (Å²) in [5.74, 6) is -2.66. The second-order valence-electron chi connectivity index (χ2n) is 13.8. The predicted molar refractivity (Wildman–Crippen MR) is 179 cm³/mol. The first-order valence-corrected chi connectivity index (χ1v) is 17.2. The maximum absolute atomic E-state index is 13.9. The van der Waals surface area contributed by atoms with Gasteiger partial charge in [-0.05, 0) is 44.7 Å². The highest BCUT2D eigenvalue weighted by Gasteiger charge is 2.46. The number of aliphatic hydroxyl groups is 1. The van der Waals surface area contributed by atoms with Crippen LogP contribution in [0.4, 0.5) is 26.3 Å². The summed E-state index contributed by atoms with van der Waals surface area (Å²) in [5.41, 5.74) is -1.33. The Kier molecular flexibility index (Phi) is 10.7. The lowest BCUT2D eigenvalue weighted by atomic mass is 9.90. The van der Waals surface area contributed by atoms with Crippen molar-refractivity contribution < 1.29 is 40.8 Å². The van der Waals surface area contributed by atoms with Gasteiger partial charge >= 0.3 is 12.4 Å². The summed E-state index contributed by atoms with van der Waals surface area (Å²) in [6.45, 7) is 4.42. The van der Waals surface area contributed by atoms with Crippen LogP contribution in [-0.2, 0) is 29.7 Å². The van der Waals surface area contributed by atoms with Crippen LogP contribution in [0.25, 0.3) is 22.3 Å².